The first-order valence-electron chi connectivity index (χ1n) is 7.51. The summed E-state index contributed by atoms with van der Waals surface area (Å²) in [7, 11) is 0. The van der Waals surface area contributed by atoms with Crippen molar-refractivity contribution in [2.75, 3.05) is 13.2 Å². The summed E-state index contributed by atoms with van der Waals surface area (Å²) in [5, 5.41) is 4.72. The van der Waals surface area contributed by atoms with Crippen molar-refractivity contribution in [3.05, 3.63) is 0 Å². The molecule has 1 heterocycles. The van der Waals surface area contributed by atoms with E-state index in [-0.39, 0.29) is 18.4 Å². The summed E-state index contributed by atoms with van der Waals surface area (Å²) in [4.78, 5) is 48.4. The Morgan fingerprint density at radius 1 is 1.41 bits per heavy atom. The highest BCUT2D eigenvalue weighted by Crippen LogP contribution is 2.38. The zero-order chi connectivity index (χ0) is 16.3. The van der Waals surface area contributed by atoms with E-state index in [1.54, 1.807) is 6.92 Å². The number of carbonyl (C=O) groups excluding carboxylic acids is 4. The van der Waals surface area contributed by atoms with Crippen LogP contribution in [0.5, 0.6) is 0 Å². The van der Waals surface area contributed by atoms with E-state index in [1.165, 1.54) is 0 Å². The lowest BCUT2D eigenvalue weighted by atomic mass is 9.73. The van der Waals surface area contributed by atoms with Crippen molar-refractivity contribution in [2.45, 2.75) is 45.1 Å². The second kappa shape index (κ2) is 6.33. The standard InChI is InChI=1S/C14H21N3O5/c1-3-22-13(21)15-10(18)8-17-11(19)14(16-12(17)20)7-5-4-6-9(14)2/h9H,3-8H2,1-2H3,(H,16,20)(H,15,18,21)/t9-,14-/m1/s1. The summed E-state index contributed by atoms with van der Waals surface area (Å²) in [5.74, 6) is -1.11. The van der Waals surface area contributed by atoms with Crippen LogP contribution in [0.15, 0.2) is 0 Å². The number of carbonyl (C=O) groups is 4. The molecule has 0 aromatic heterocycles. The van der Waals surface area contributed by atoms with Gasteiger partial charge in [0, 0.05) is 0 Å². The highest BCUT2D eigenvalue weighted by atomic mass is 16.5. The van der Waals surface area contributed by atoms with Crippen molar-refractivity contribution < 1.29 is 23.9 Å². The molecule has 2 aliphatic rings. The molecule has 0 bridgehead atoms. The molecule has 0 aromatic rings. The summed E-state index contributed by atoms with van der Waals surface area (Å²) in [6.45, 7) is 3.18. The van der Waals surface area contributed by atoms with Gasteiger partial charge in [0.15, 0.2) is 0 Å². The van der Waals surface area contributed by atoms with E-state index in [0.29, 0.717) is 6.42 Å². The molecule has 1 saturated heterocycles. The number of nitrogens with zero attached hydrogens (tertiary/aromatic N) is 1. The molecule has 122 valence electrons. The average molecular weight is 311 g/mol. The molecule has 1 aliphatic carbocycles. The van der Waals surface area contributed by atoms with Crippen LogP contribution in [0.3, 0.4) is 0 Å². The first-order valence-corrected chi connectivity index (χ1v) is 7.51. The summed E-state index contributed by atoms with van der Waals surface area (Å²) in [5.41, 5.74) is -0.903. The Labute approximate surface area is 128 Å². The van der Waals surface area contributed by atoms with Gasteiger partial charge < -0.3 is 10.1 Å². The zero-order valence-electron chi connectivity index (χ0n) is 12.8. The van der Waals surface area contributed by atoms with Gasteiger partial charge in [0.05, 0.1) is 6.61 Å². The van der Waals surface area contributed by atoms with Gasteiger partial charge in [-0.05, 0) is 25.7 Å². The van der Waals surface area contributed by atoms with Gasteiger partial charge in [-0.25, -0.2) is 9.59 Å². The Morgan fingerprint density at radius 3 is 2.77 bits per heavy atom. The largest absolute Gasteiger partial charge is 0.450 e. The number of amides is 5. The maximum atomic E-state index is 12.6. The number of ether oxygens (including phenoxy) is 1. The zero-order valence-corrected chi connectivity index (χ0v) is 12.8. The van der Waals surface area contributed by atoms with Gasteiger partial charge in [-0.1, -0.05) is 19.8 Å². The van der Waals surface area contributed by atoms with Crippen LogP contribution in [-0.4, -0.2) is 47.5 Å². The Morgan fingerprint density at radius 2 is 2.14 bits per heavy atom. The fourth-order valence-corrected chi connectivity index (χ4v) is 3.10. The molecule has 8 nitrogen and oxygen atoms in total. The molecule has 2 rings (SSSR count). The highest BCUT2D eigenvalue weighted by Gasteiger charge is 2.55. The summed E-state index contributed by atoms with van der Waals surface area (Å²) in [6, 6.07) is -0.585. The summed E-state index contributed by atoms with van der Waals surface area (Å²) >= 11 is 0. The van der Waals surface area contributed by atoms with Gasteiger partial charge >= 0.3 is 12.1 Å². The molecule has 8 heteroatoms. The van der Waals surface area contributed by atoms with Crippen molar-refractivity contribution in [2.24, 2.45) is 5.92 Å². The number of rotatable bonds is 3. The van der Waals surface area contributed by atoms with Crippen LogP contribution in [0.4, 0.5) is 9.59 Å². The molecule has 0 unspecified atom stereocenters. The fraction of sp³-hybridized carbons (Fsp3) is 0.714. The second-order valence-electron chi connectivity index (χ2n) is 5.71. The van der Waals surface area contributed by atoms with Gasteiger partial charge in [0.1, 0.15) is 12.1 Å². The molecular formula is C14H21N3O5. The Hall–Kier alpha value is -2.12. The lowest BCUT2D eigenvalue weighted by molar-refractivity contribution is -0.137. The third kappa shape index (κ3) is 2.90. The third-order valence-electron chi connectivity index (χ3n) is 4.32. The molecule has 22 heavy (non-hydrogen) atoms. The van der Waals surface area contributed by atoms with E-state index in [4.69, 9.17) is 0 Å². The van der Waals surface area contributed by atoms with E-state index in [2.05, 4.69) is 10.1 Å². The molecular weight excluding hydrogens is 290 g/mol. The maximum absolute atomic E-state index is 12.6. The fourth-order valence-electron chi connectivity index (χ4n) is 3.10. The molecule has 2 fully saturated rings. The number of urea groups is 1. The molecule has 2 N–H and O–H groups in total. The van der Waals surface area contributed by atoms with Crippen LogP contribution >= 0.6 is 0 Å². The number of hydrogen-bond donors (Lipinski definition) is 2. The third-order valence-corrected chi connectivity index (χ3v) is 4.32. The van der Waals surface area contributed by atoms with Crippen molar-refractivity contribution in [3.63, 3.8) is 0 Å². The minimum absolute atomic E-state index is 0.0239. The van der Waals surface area contributed by atoms with Crippen molar-refractivity contribution >= 4 is 23.9 Å². The normalized spacial score (nSPS) is 27.7. The number of nitrogens with one attached hydrogen (secondary N) is 2. The first-order chi connectivity index (χ1) is 10.4. The van der Waals surface area contributed by atoms with Crippen LogP contribution < -0.4 is 10.6 Å². The van der Waals surface area contributed by atoms with Crippen molar-refractivity contribution in [3.8, 4) is 0 Å². The van der Waals surface area contributed by atoms with Crippen LogP contribution in [0.2, 0.25) is 0 Å². The SMILES string of the molecule is CCOC(=O)NC(=O)CN1C(=O)N[C@@]2(CCCC[C@H]2C)C1=O. The summed E-state index contributed by atoms with van der Waals surface area (Å²) in [6.07, 6.45) is 2.43. The number of imide groups is 2. The van der Waals surface area contributed by atoms with E-state index in [0.717, 1.165) is 24.2 Å². The van der Waals surface area contributed by atoms with Gasteiger partial charge in [-0.15, -0.1) is 0 Å². The van der Waals surface area contributed by atoms with Gasteiger partial charge in [-0.3, -0.25) is 19.8 Å². The van der Waals surface area contributed by atoms with Crippen LogP contribution in [0.25, 0.3) is 0 Å². The minimum atomic E-state index is -0.903. The smallest absolute Gasteiger partial charge is 0.413 e. The summed E-state index contributed by atoms with van der Waals surface area (Å²) < 4.78 is 4.58. The van der Waals surface area contributed by atoms with Gasteiger partial charge in [-0.2, -0.15) is 0 Å². The van der Waals surface area contributed by atoms with E-state index >= 15 is 0 Å². The Balaban J connectivity index is 2.03. The molecule has 5 amide bonds. The predicted molar refractivity (Wildman–Crippen MR) is 75.8 cm³/mol. The molecule has 1 saturated carbocycles. The number of alkyl carbamates (subject to hydrolysis) is 1. The van der Waals surface area contributed by atoms with Gasteiger partial charge in [0.25, 0.3) is 5.91 Å². The van der Waals surface area contributed by atoms with E-state index in [1.807, 2.05) is 12.2 Å². The van der Waals surface area contributed by atoms with Crippen LogP contribution in [0.1, 0.15) is 39.5 Å². The molecule has 0 aromatic carbocycles. The predicted octanol–water partition coefficient (Wildman–Crippen LogP) is 0.760. The Kier molecular flexibility index (Phi) is 4.68. The topological polar surface area (TPSA) is 105 Å². The van der Waals surface area contributed by atoms with Crippen molar-refractivity contribution in [1.29, 1.82) is 0 Å². The lowest BCUT2D eigenvalue weighted by Crippen LogP contribution is -2.54. The Bertz CT molecular complexity index is 507. The first kappa shape index (κ1) is 16.3. The van der Waals surface area contributed by atoms with Crippen LogP contribution in [0, 0.1) is 5.92 Å². The maximum Gasteiger partial charge on any atom is 0.413 e. The molecule has 0 radical (unpaired) electrons. The quantitative estimate of drug-likeness (QED) is 0.749. The average Bonchev–Trinajstić information content (AvgIpc) is 2.68. The molecule has 1 spiro atoms. The second-order valence-corrected chi connectivity index (χ2v) is 5.71. The van der Waals surface area contributed by atoms with Crippen molar-refractivity contribution in [1.82, 2.24) is 15.5 Å². The molecule has 2 atom stereocenters. The highest BCUT2D eigenvalue weighted by molar-refractivity contribution is 6.10. The monoisotopic (exact) mass is 311 g/mol. The minimum Gasteiger partial charge on any atom is -0.450 e. The van der Waals surface area contributed by atoms with Crippen LogP contribution in [-0.2, 0) is 14.3 Å². The van der Waals surface area contributed by atoms with E-state index < -0.39 is 30.1 Å². The van der Waals surface area contributed by atoms with E-state index in [9.17, 15) is 19.2 Å². The number of hydrogen-bond acceptors (Lipinski definition) is 5. The van der Waals surface area contributed by atoms with Gasteiger partial charge in [0.2, 0.25) is 5.91 Å². The molecule has 1 aliphatic heterocycles. The lowest BCUT2D eigenvalue weighted by Gasteiger charge is -2.36.